The summed E-state index contributed by atoms with van der Waals surface area (Å²) in [4.78, 5) is 7.02. The molecule has 1 aliphatic rings. The van der Waals surface area contributed by atoms with Gasteiger partial charge in [-0.05, 0) is 31.9 Å². The molecule has 0 radical (unpaired) electrons. The number of hydrogen-bond acceptors (Lipinski definition) is 3. The smallest absolute Gasteiger partial charge is 0.194 e. The van der Waals surface area contributed by atoms with Gasteiger partial charge in [0.05, 0.1) is 17.0 Å². The molecule has 0 saturated carbocycles. The van der Waals surface area contributed by atoms with Gasteiger partial charge in [-0.25, -0.2) is 8.42 Å². The highest BCUT2D eigenvalue weighted by atomic mass is 32.2. The summed E-state index contributed by atoms with van der Waals surface area (Å²) < 4.78 is 24.0. The summed E-state index contributed by atoms with van der Waals surface area (Å²) >= 11 is 0. The second kappa shape index (κ2) is 8.99. The Kier molecular flexibility index (Phi) is 6.63. The van der Waals surface area contributed by atoms with Crippen molar-refractivity contribution in [1.82, 2.24) is 10.2 Å². The van der Waals surface area contributed by atoms with Crippen molar-refractivity contribution >= 4 is 15.8 Å². The maximum atomic E-state index is 12.4. The van der Waals surface area contributed by atoms with E-state index < -0.39 is 14.6 Å². The highest BCUT2D eigenvalue weighted by molar-refractivity contribution is 7.92. The summed E-state index contributed by atoms with van der Waals surface area (Å²) in [5.74, 6) is 1.09. The highest BCUT2D eigenvalue weighted by Gasteiger charge is 2.41. The predicted molar refractivity (Wildman–Crippen MR) is 120 cm³/mol. The standard InChI is InChI=1S/C23H31N3O2S/c1-4-24-22(26-15-16-29(27,28)23(2,3)18-26)25-17-21(19-11-7-5-8-12-19)20-13-9-6-10-14-20/h5-14,21H,4,15-18H2,1-3H3,(H,24,25). The molecule has 0 aromatic heterocycles. The van der Waals surface area contributed by atoms with Gasteiger partial charge in [-0.2, -0.15) is 0 Å². The zero-order chi connectivity index (χ0) is 20.9. The van der Waals surface area contributed by atoms with E-state index in [0.29, 0.717) is 19.6 Å². The maximum Gasteiger partial charge on any atom is 0.194 e. The normalized spacial score (nSPS) is 18.6. The molecule has 0 amide bonds. The molecule has 29 heavy (non-hydrogen) atoms. The largest absolute Gasteiger partial charge is 0.357 e. The van der Waals surface area contributed by atoms with Crippen molar-refractivity contribution in [3.05, 3.63) is 71.8 Å². The molecule has 1 saturated heterocycles. The molecule has 1 fully saturated rings. The van der Waals surface area contributed by atoms with Crippen LogP contribution in [0.25, 0.3) is 0 Å². The van der Waals surface area contributed by atoms with E-state index >= 15 is 0 Å². The topological polar surface area (TPSA) is 61.8 Å². The van der Waals surface area contributed by atoms with Gasteiger partial charge in [-0.1, -0.05) is 60.7 Å². The lowest BCUT2D eigenvalue weighted by molar-refractivity contribution is 0.353. The Hall–Kier alpha value is -2.34. The molecule has 0 aliphatic carbocycles. The second-order valence-electron chi connectivity index (χ2n) is 8.07. The van der Waals surface area contributed by atoms with Gasteiger partial charge in [-0.15, -0.1) is 0 Å². The average Bonchev–Trinajstić information content (AvgIpc) is 2.71. The minimum Gasteiger partial charge on any atom is -0.357 e. The summed E-state index contributed by atoms with van der Waals surface area (Å²) in [5.41, 5.74) is 2.44. The zero-order valence-corrected chi connectivity index (χ0v) is 18.3. The van der Waals surface area contributed by atoms with E-state index in [2.05, 4.69) is 58.7 Å². The zero-order valence-electron chi connectivity index (χ0n) is 17.5. The molecule has 2 aromatic rings. The SMILES string of the molecule is CCNC(=NCC(c1ccccc1)c1ccccc1)N1CCS(=O)(=O)C(C)(C)C1. The van der Waals surface area contributed by atoms with Crippen molar-refractivity contribution in [2.75, 3.05) is 31.9 Å². The van der Waals surface area contributed by atoms with Crippen LogP contribution in [0.15, 0.2) is 65.7 Å². The molecular formula is C23H31N3O2S. The van der Waals surface area contributed by atoms with E-state index in [0.717, 1.165) is 12.5 Å². The highest BCUT2D eigenvalue weighted by Crippen LogP contribution is 2.26. The number of aliphatic imine (C=N–C) groups is 1. The Bertz CT molecular complexity index is 886. The molecule has 0 bridgehead atoms. The summed E-state index contributed by atoms with van der Waals surface area (Å²) in [5, 5.41) is 3.36. The number of guanidine groups is 1. The number of hydrogen-bond donors (Lipinski definition) is 1. The van der Waals surface area contributed by atoms with Crippen LogP contribution in [-0.4, -0.2) is 56.0 Å². The van der Waals surface area contributed by atoms with Crippen LogP contribution in [0.3, 0.4) is 0 Å². The molecule has 0 spiro atoms. The van der Waals surface area contributed by atoms with E-state index in [1.165, 1.54) is 11.1 Å². The van der Waals surface area contributed by atoms with Crippen LogP contribution in [0.2, 0.25) is 0 Å². The van der Waals surface area contributed by atoms with Gasteiger partial charge in [0.25, 0.3) is 0 Å². The minimum absolute atomic E-state index is 0.146. The molecule has 0 atom stereocenters. The van der Waals surface area contributed by atoms with E-state index in [1.54, 1.807) is 13.8 Å². The molecule has 2 aromatic carbocycles. The molecule has 1 heterocycles. The van der Waals surface area contributed by atoms with Gasteiger partial charge in [0.15, 0.2) is 15.8 Å². The lowest BCUT2D eigenvalue weighted by atomic mass is 9.91. The molecule has 0 unspecified atom stereocenters. The van der Waals surface area contributed by atoms with Gasteiger partial charge in [0.1, 0.15) is 0 Å². The molecule has 156 valence electrons. The van der Waals surface area contributed by atoms with Crippen molar-refractivity contribution in [1.29, 1.82) is 0 Å². The van der Waals surface area contributed by atoms with Gasteiger partial charge >= 0.3 is 0 Å². The Morgan fingerprint density at radius 1 is 1.07 bits per heavy atom. The van der Waals surface area contributed by atoms with Crippen LogP contribution < -0.4 is 5.32 Å². The van der Waals surface area contributed by atoms with Gasteiger partial charge < -0.3 is 10.2 Å². The third-order valence-corrected chi connectivity index (χ3v) is 8.04. The van der Waals surface area contributed by atoms with Gasteiger partial charge in [0.2, 0.25) is 0 Å². The first-order chi connectivity index (χ1) is 13.8. The molecule has 1 aliphatic heterocycles. The van der Waals surface area contributed by atoms with Crippen molar-refractivity contribution in [2.45, 2.75) is 31.4 Å². The van der Waals surface area contributed by atoms with E-state index in [1.807, 2.05) is 19.1 Å². The third-order valence-electron chi connectivity index (χ3n) is 5.51. The fraction of sp³-hybridized carbons (Fsp3) is 0.435. The van der Waals surface area contributed by atoms with Crippen molar-refractivity contribution < 1.29 is 8.42 Å². The fourth-order valence-corrected chi connectivity index (χ4v) is 5.07. The van der Waals surface area contributed by atoms with Gasteiger partial charge in [0, 0.05) is 25.6 Å². The molecule has 6 heteroatoms. The third kappa shape index (κ3) is 4.99. The molecular weight excluding hydrogens is 382 g/mol. The summed E-state index contributed by atoms with van der Waals surface area (Å²) in [6.07, 6.45) is 0. The first kappa shape index (κ1) is 21.4. The lowest BCUT2D eigenvalue weighted by Gasteiger charge is -2.39. The van der Waals surface area contributed by atoms with Crippen LogP contribution in [-0.2, 0) is 9.84 Å². The van der Waals surface area contributed by atoms with Crippen molar-refractivity contribution in [3.63, 3.8) is 0 Å². The maximum absolute atomic E-state index is 12.4. The summed E-state index contributed by atoms with van der Waals surface area (Å²) in [7, 11) is -3.08. The molecule has 5 nitrogen and oxygen atoms in total. The quantitative estimate of drug-likeness (QED) is 0.604. The molecule has 1 N–H and O–H groups in total. The number of nitrogens with one attached hydrogen (secondary N) is 1. The Morgan fingerprint density at radius 3 is 2.10 bits per heavy atom. The first-order valence-corrected chi connectivity index (χ1v) is 11.8. The Morgan fingerprint density at radius 2 is 1.62 bits per heavy atom. The number of nitrogens with zero attached hydrogens (tertiary/aromatic N) is 2. The number of sulfone groups is 1. The Balaban J connectivity index is 1.87. The Labute approximate surface area is 174 Å². The fourth-order valence-electron chi connectivity index (χ4n) is 3.70. The summed E-state index contributed by atoms with van der Waals surface area (Å²) in [6, 6.07) is 20.8. The first-order valence-electron chi connectivity index (χ1n) is 10.2. The van der Waals surface area contributed by atoms with Crippen LogP contribution in [0, 0.1) is 0 Å². The minimum atomic E-state index is -3.08. The lowest BCUT2D eigenvalue weighted by Crippen LogP contribution is -2.57. The number of benzene rings is 2. The van der Waals surface area contributed by atoms with E-state index in [9.17, 15) is 8.42 Å². The monoisotopic (exact) mass is 413 g/mol. The van der Waals surface area contributed by atoms with Crippen molar-refractivity contribution in [3.8, 4) is 0 Å². The van der Waals surface area contributed by atoms with Crippen LogP contribution in [0.1, 0.15) is 37.8 Å². The van der Waals surface area contributed by atoms with Crippen molar-refractivity contribution in [2.24, 2.45) is 4.99 Å². The predicted octanol–water partition coefficient (Wildman–Crippen LogP) is 3.29. The average molecular weight is 414 g/mol. The van der Waals surface area contributed by atoms with Gasteiger partial charge in [-0.3, -0.25) is 4.99 Å². The molecule has 3 rings (SSSR count). The van der Waals surface area contributed by atoms with Crippen LogP contribution in [0.4, 0.5) is 0 Å². The van der Waals surface area contributed by atoms with E-state index in [-0.39, 0.29) is 11.7 Å². The van der Waals surface area contributed by atoms with E-state index in [4.69, 9.17) is 4.99 Å². The summed E-state index contributed by atoms with van der Waals surface area (Å²) in [6.45, 7) is 7.89. The van der Waals surface area contributed by atoms with Crippen LogP contribution >= 0.6 is 0 Å². The number of rotatable bonds is 5. The second-order valence-corrected chi connectivity index (χ2v) is 10.8. The van der Waals surface area contributed by atoms with Crippen LogP contribution in [0.5, 0.6) is 0 Å².